The quantitative estimate of drug-likeness (QED) is 0.630. The Hall–Kier alpha value is -0.880. The second kappa shape index (κ2) is 7.53. The van der Waals surface area contributed by atoms with Gasteiger partial charge in [0.05, 0.1) is 0 Å². The van der Waals surface area contributed by atoms with Crippen LogP contribution in [-0.2, 0) is 0 Å². The molecule has 0 amide bonds. The lowest BCUT2D eigenvalue weighted by atomic mass is 10.3. The summed E-state index contributed by atoms with van der Waals surface area (Å²) in [5.41, 5.74) is 0.786. The molecule has 0 unspecified atom stereocenters. The van der Waals surface area contributed by atoms with Gasteiger partial charge in [0.2, 0.25) is 0 Å². The van der Waals surface area contributed by atoms with E-state index in [1.54, 1.807) is 24.3 Å². The first kappa shape index (κ1) is 15.2. The zero-order valence-corrected chi connectivity index (χ0v) is 11.9. The summed E-state index contributed by atoms with van der Waals surface area (Å²) in [6.45, 7) is 4.10. The molecule has 0 aliphatic carbocycles. The van der Waals surface area contributed by atoms with Crippen molar-refractivity contribution in [2.45, 2.75) is 37.0 Å². The molecular formula is C12H16F2N2S2. The number of benzene rings is 1. The van der Waals surface area contributed by atoms with E-state index in [-0.39, 0.29) is 0 Å². The van der Waals surface area contributed by atoms with Gasteiger partial charge in [0.25, 0.3) is 5.76 Å². The predicted octanol–water partition coefficient (Wildman–Crippen LogP) is 4.09. The van der Waals surface area contributed by atoms with Gasteiger partial charge < -0.3 is 10.6 Å². The van der Waals surface area contributed by atoms with E-state index >= 15 is 0 Å². The van der Waals surface area contributed by atoms with Crippen LogP contribution in [0.1, 0.15) is 20.3 Å². The molecule has 0 heterocycles. The number of alkyl halides is 2. The molecule has 6 heteroatoms. The molecule has 100 valence electrons. The molecular weight excluding hydrogens is 274 g/mol. The first-order chi connectivity index (χ1) is 8.51. The summed E-state index contributed by atoms with van der Waals surface area (Å²) in [5.74, 6) is -2.39. The lowest BCUT2D eigenvalue weighted by Crippen LogP contribution is -2.35. The molecule has 0 spiro atoms. The number of anilines is 1. The maximum atomic E-state index is 12.1. The number of rotatable bonds is 5. The molecule has 2 nitrogen and oxygen atoms in total. The minimum absolute atomic E-state index is 0.304. The number of hydrogen-bond acceptors (Lipinski definition) is 2. The number of hydrogen-bond donors (Lipinski definition) is 2. The summed E-state index contributed by atoms with van der Waals surface area (Å²) in [4.78, 5) is 0.538. The van der Waals surface area contributed by atoms with E-state index in [2.05, 4.69) is 17.6 Å². The summed E-state index contributed by atoms with van der Waals surface area (Å²) in [6, 6.07) is 7.05. The van der Waals surface area contributed by atoms with Crippen molar-refractivity contribution in [1.29, 1.82) is 0 Å². The van der Waals surface area contributed by atoms with Crippen molar-refractivity contribution in [1.82, 2.24) is 5.32 Å². The Kier molecular flexibility index (Phi) is 6.35. The lowest BCUT2D eigenvalue weighted by molar-refractivity contribution is 0.252. The monoisotopic (exact) mass is 290 g/mol. The van der Waals surface area contributed by atoms with Gasteiger partial charge >= 0.3 is 0 Å². The molecule has 0 bridgehead atoms. The zero-order valence-electron chi connectivity index (χ0n) is 10.2. The molecule has 18 heavy (non-hydrogen) atoms. The van der Waals surface area contributed by atoms with Crippen LogP contribution in [-0.4, -0.2) is 16.9 Å². The molecule has 0 aliphatic heterocycles. The summed E-state index contributed by atoms with van der Waals surface area (Å²) >= 11 is 5.66. The highest BCUT2D eigenvalue weighted by Crippen LogP contribution is 2.26. The van der Waals surface area contributed by atoms with Crippen LogP contribution >= 0.6 is 24.0 Å². The third kappa shape index (κ3) is 5.64. The van der Waals surface area contributed by atoms with E-state index in [4.69, 9.17) is 12.2 Å². The van der Waals surface area contributed by atoms with Crippen LogP contribution in [0.5, 0.6) is 0 Å². The Morgan fingerprint density at radius 2 is 1.94 bits per heavy atom. The van der Waals surface area contributed by atoms with Crippen molar-refractivity contribution in [2.75, 3.05) is 5.32 Å². The average molecular weight is 290 g/mol. The predicted molar refractivity (Wildman–Crippen MR) is 77.4 cm³/mol. The molecule has 0 saturated carbocycles. The topological polar surface area (TPSA) is 24.1 Å². The van der Waals surface area contributed by atoms with Gasteiger partial charge in [0.15, 0.2) is 5.11 Å². The summed E-state index contributed by atoms with van der Waals surface area (Å²) in [7, 11) is 0. The van der Waals surface area contributed by atoms with Gasteiger partial charge in [-0.2, -0.15) is 8.78 Å². The van der Waals surface area contributed by atoms with E-state index in [0.717, 1.165) is 12.1 Å². The van der Waals surface area contributed by atoms with E-state index in [1.165, 1.54) is 0 Å². The molecule has 0 aromatic heterocycles. The number of thioether (sulfide) groups is 1. The van der Waals surface area contributed by atoms with Crippen molar-refractivity contribution in [3.8, 4) is 0 Å². The minimum Gasteiger partial charge on any atom is -0.360 e. The Bertz CT molecular complexity index is 382. The van der Waals surface area contributed by atoms with Crippen molar-refractivity contribution in [3.05, 3.63) is 24.3 Å². The van der Waals surface area contributed by atoms with Crippen LogP contribution in [0.15, 0.2) is 29.2 Å². The van der Waals surface area contributed by atoms with Gasteiger partial charge in [-0.25, -0.2) is 0 Å². The SMILES string of the molecule is CC[C@@H](C)NC(=S)Nc1ccc(SC(F)F)cc1. The number of halogens is 2. The second-order valence-corrected chi connectivity index (χ2v) is 5.28. The van der Waals surface area contributed by atoms with Crippen LogP contribution < -0.4 is 10.6 Å². The van der Waals surface area contributed by atoms with Gasteiger partial charge in [-0.05, 0) is 49.8 Å². The molecule has 1 rings (SSSR count). The normalized spacial score (nSPS) is 12.3. The summed E-state index contributed by atoms with van der Waals surface area (Å²) < 4.78 is 24.3. The Balaban J connectivity index is 2.50. The largest absolute Gasteiger partial charge is 0.360 e. The van der Waals surface area contributed by atoms with E-state index < -0.39 is 5.76 Å². The standard InChI is InChI=1S/C12H16F2N2S2/c1-3-8(2)15-12(17)16-9-4-6-10(7-5-9)18-11(13)14/h4-8,11H,3H2,1-2H3,(H2,15,16,17)/t8-/m1/s1. The first-order valence-electron chi connectivity index (χ1n) is 5.63. The summed E-state index contributed by atoms with van der Waals surface area (Å²) in [6.07, 6.45) is 0.978. The fourth-order valence-electron chi connectivity index (χ4n) is 1.21. The smallest absolute Gasteiger partial charge is 0.288 e. The molecule has 0 radical (unpaired) electrons. The van der Waals surface area contributed by atoms with Gasteiger partial charge in [0, 0.05) is 16.6 Å². The maximum absolute atomic E-state index is 12.1. The van der Waals surface area contributed by atoms with Crippen molar-refractivity contribution in [2.24, 2.45) is 0 Å². The highest BCUT2D eigenvalue weighted by atomic mass is 32.2. The Morgan fingerprint density at radius 1 is 1.33 bits per heavy atom. The molecule has 0 saturated heterocycles. The van der Waals surface area contributed by atoms with Crippen LogP contribution in [0.25, 0.3) is 0 Å². The van der Waals surface area contributed by atoms with Crippen LogP contribution in [0.4, 0.5) is 14.5 Å². The highest BCUT2D eigenvalue weighted by Gasteiger charge is 2.05. The first-order valence-corrected chi connectivity index (χ1v) is 6.92. The van der Waals surface area contributed by atoms with E-state index in [0.29, 0.717) is 27.8 Å². The fourth-order valence-corrected chi connectivity index (χ4v) is 2.03. The third-order valence-electron chi connectivity index (χ3n) is 2.33. The lowest BCUT2D eigenvalue weighted by Gasteiger charge is -2.15. The number of thiocarbonyl (C=S) groups is 1. The molecule has 1 atom stereocenters. The van der Waals surface area contributed by atoms with Crippen LogP contribution in [0, 0.1) is 0 Å². The van der Waals surface area contributed by atoms with Gasteiger partial charge in [-0.3, -0.25) is 0 Å². The van der Waals surface area contributed by atoms with Gasteiger partial charge in [-0.15, -0.1) is 0 Å². The number of nitrogens with one attached hydrogen (secondary N) is 2. The van der Waals surface area contributed by atoms with E-state index in [1.807, 2.05) is 6.92 Å². The van der Waals surface area contributed by atoms with Gasteiger partial charge in [0.1, 0.15) is 0 Å². The second-order valence-electron chi connectivity index (χ2n) is 3.81. The molecule has 2 N–H and O–H groups in total. The highest BCUT2D eigenvalue weighted by molar-refractivity contribution is 7.99. The maximum Gasteiger partial charge on any atom is 0.288 e. The van der Waals surface area contributed by atoms with Crippen molar-refractivity contribution in [3.63, 3.8) is 0 Å². The molecule has 1 aromatic rings. The zero-order chi connectivity index (χ0) is 13.5. The van der Waals surface area contributed by atoms with Gasteiger partial charge in [-0.1, -0.05) is 18.7 Å². The molecule has 0 fully saturated rings. The van der Waals surface area contributed by atoms with Crippen LogP contribution in [0.3, 0.4) is 0 Å². The van der Waals surface area contributed by atoms with Crippen molar-refractivity contribution < 1.29 is 8.78 Å². The Labute approximate surface area is 116 Å². The van der Waals surface area contributed by atoms with E-state index in [9.17, 15) is 8.78 Å². The fraction of sp³-hybridized carbons (Fsp3) is 0.417. The third-order valence-corrected chi connectivity index (χ3v) is 3.27. The Morgan fingerprint density at radius 3 is 2.44 bits per heavy atom. The summed E-state index contributed by atoms with van der Waals surface area (Å²) in [5, 5.41) is 6.67. The minimum atomic E-state index is -2.39. The molecule has 0 aliphatic rings. The van der Waals surface area contributed by atoms with Crippen molar-refractivity contribution >= 4 is 34.8 Å². The van der Waals surface area contributed by atoms with Crippen LogP contribution in [0.2, 0.25) is 0 Å². The average Bonchev–Trinajstić information content (AvgIpc) is 2.30. The molecule has 1 aromatic carbocycles.